The Balaban J connectivity index is 0. The maximum atomic E-state index is 10.6. The number of allylic oxidation sites excluding steroid dienone is 24. The van der Waals surface area contributed by atoms with Gasteiger partial charge in [-0.3, -0.25) is 4.55 Å². The van der Waals surface area contributed by atoms with Gasteiger partial charge in [-0.2, -0.15) is 8.42 Å². The minimum absolute atomic E-state index is 0.0152. The highest BCUT2D eigenvalue weighted by molar-refractivity contribution is 7.80. The molecule has 0 saturated carbocycles. The number of hydrogen-bond donors (Lipinski definition) is 2. The fourth-order valence-electron chi connectivity index (χ4n) is 4.53. The average Bonchev–Trinajstić information content (AvgIpc) is 3.16. The number of aliphatic hydroxyl groups excluding tert-OH is 1. The second-order valence-corrected chi connectivity index (χ2v) is 13.8. The van der Waals surface area contributed by atoms with Crippen LogP contribution in [0, 0.1) is 11.8 Å². The van der Waals surface area contributed by atoms with Crippen molar-refractivity contribution in [2.24, 2.45) is 11.8 Å². The predicted octanol–water partition coefficient (Wildman–Crippen LogP) is 14.0. The largest absolute Gasteiger partial charge is 0.397 e. The highest BCUT2D eigenvalue weighted by Crippen LogP contribution is 2.11. The standard InChI is InChI=1S/C24H38O4S.C24H38O/c1-3-5-6-7-8-9-10-11-12-13-14-15-16-17-18-19-20-21-22-24(4-2)23-28-29(25,26)27;1-3-5-6-7-8-9-10-11-12-13-14-15-16-17-18-19-20-21-22-24(4-2)23-25/h5-6,8-9,11-12,14-15,17-18,20-21,24H,3-4,7,10,13,16,19,22-23H2,1-2H3,(H,25,26,27);5-6,8-9,11-12,14-15,17-18,20-21,24-25H,3-4,7,10,13,16,19,22-23H2,1-2H3/b2*6-5-,9-8-,12-11-,15-14-,18-17-,21-20-. The van der Waals surface area contributed by atoms with Crippen LogP contribution in [0.1, 0.15) is 130 Å². The van der Waals surface area contributed by atoms with E-state index in [9.17, 15) is 8.42 Å². The van der Waals surface area contributed by atoms with Crippen LogP contribution in [0.2, 0.25) is 0 Å². The summed E-state index contributed by atoms with van der Waals surface area (Å²) in [5, 5.41) is 9.10. The quantitative estimate of drug-likeness (QED) is 0.0526. The van der Waals surface area contributed by atoms with Crippen molar-refractivity contribution >= 4 is 10.4 Å². The molecule has 5 nitrogen and oxygen atoms in total. The Morgan fingerprint density at radius 3 is 0.870 bits per heavy atom. The Bertz CT molecular complexity index is 1280. The Kier molecular flexibility index (Phi) is 43.1. The van der Waals surface area contributed by atoms with E-state index in [0.29, 0.717) is 12.5 Å². The van der Waals surface area contributed by atoms with E-state index in [4.69, 9.17) is 9.66 Å². The van der Waals surface area contributed by atoms with Crippen molar-refractivity contribution in [3.05, 3.63) is 146 Å². The minimum atomic E-state index is -4.34. The molecule has 0 aliphatic heterocycles. The summed E-state index contributed by atoms with van der Waals surface area (Å²) >= 11 is 0. The van der Waals surface area contributed by atoms with Crippen molar-refractivity contribution in [3.8, 4) is 0 Å². The monoisotopic (exact) mass is 765 g/mol. The second kappa shape index (κ2) is 44.1. The number of aliphatic hydroxyl groups is 1. The molecule has 0 fully saturated rings. The van der Waals surface area contributed by atoms with Gasteiger partial charge in [-0.05, 0) is 102 Å². The van der Waals surface area contributed by atoms with Crippen LogP contribution in [0.25, 0.3) is 0 Å². The van der Waals surface area contributed by atoms with E-state index < -0.39 is 10.4 Å². The topological polar surface area (TPSA) is 83.8 Å². The van der Waals surface area contributed by atoms with Crippen molar-refractivity contribution in [1.29, 1.82) is 0 Å². The van der Waals surface area contributed by atoms with Crippen LogP contribution in [0.3, 0.4) is 0 Å². The van der Waals surface area contributed by atoms with Gasteiger partial charge in [0, 0.05) is 6.61 Å². The van der Waals surface area contributed by atoms with Crippen molar-refractivity contribution in [1.82, 2.24) is 0 Å². The third kappa shape index (κ3) is 46.7. The van der Waals surface area contributed by atoms with Crippen LogP contribution in [0.4, 0.5) is 0 Å². The third-order valence-electron chi connectivity index (χ3n) is 8.00. The predicted molar refractivity (Wildman–Crippen MR) is 238 cm³/mol. The Morgan fingerprint density at radius 1 is 0.407 bits per heavy atom. The van der Waals surface area contributed by atoms with Crippen LogP contribution >= 0.6 is 0 Å². The van der Waals surface area contributed by atoms with Gasteiger partial charge in [0.25, 0.3) is 0 Å². The van der Waals surface area contributed by atoms with E-state index in [0.717, 1.165) is 103 Å². The molecular formula is C48H76O5S. The molecule has 0 aromatic carbocycles. The fourth-order valence-corrected chi connectivity index (χ4v) is 4.89. The molecule has 0 heterocycles. The number of rotatable bonds is 32. The molecule has 54 heavy (non-hydrogen) atoms. The molecule has 0 aliphatic carbocycles. The molecule has 2 N–H and O–H groups in total. The van der Waals surface area contributed by atoms with Crippen LogP contribution in [0.5, 0.6) is 0 Å². The molecule has 0 bridgehead atoms. The molecule has 304 valence electrons. The van der Waals surface area contributed by atoms with Gasteiger partial charge in [-0.1, -0.05) is 186 Å². The van der Waals surface area contributed by atoms with Crippen molar-refractivity contribution < 1.29 is 22.3 Å². The molecule has 0 spiro atoms. The summed E-state index contributed by atoms with van der Waals surface area (Å²) < 4.78 is 34.2. The van der Waals surface area contributed by atoms with E-state index >= 15 is 0 Å². The molecule has 0 aromatic heterocycles. The summed E-state index contributed by atoms with van der Waals surface area (Å²) in [6.45, 7) is 8.70. The maximum absolute atomic E-state index is 10.6. The normalized spacial score (nSPS) is 14.6. The molecule has 0 rings (SSSR count). The SMILES string of the molecule is CC/C=C\C/C=C\C/C=C\C/C=C\C/C=C\C/C=C\CC(CC)CO.CC/C=C\C/C=C\C/C=C\C/C=C\C/C=C\C/C=C\CC(CC)COS(=O)(=O)O. The van der Waals surface area contributed by atoms with Gasteiger partial charge in [-0.25, -0.2) is 4.18 Å². The first-order valence-electron chi connectivity index (χ1n) is 20.4. The Hall–Kier alpha value is -3.29. The molecule has 0 saturated heterocycles. The summed E-state index contributed by atoms with van der Waals surface area (Å²) in [5.74, 6) is 0.506. The van der Waals surface area contributed by atoms with Crippen LogP contribution < -0.4 is 0 Å². The van der Waals surface area contributed by atoms with E-state index in [1.807, 2.05) is 13.0 Å². The van der Waals surface area contributed by atoms with Gasteiger partial charge < -0.3 is 5.11 Å². The molecule has 0 radical (unpaired) electrons. The van der Waals surface area contributed by atoms with Gasteiger partial charge in [0.05, 0.1) is 6.61 Å². The molecule has 6 heteroatoms. The lowest BCUT2D eigenvalue weighted by atomic mass is 10.0. The summed E-state index contributed by atoms with van der Waals surface area (Å²) in [7, 11) is -4.34. The van der Waals surface area contributed by atoms with Crippen LogP contribution in [-0.2, 0) is 14.6 Å². The zero-order valence-corrected chi connectivity index (χ0v) is 35.1. The lowest BCUT2D eigenvalue weighted by Crippen LogP contribution is -2.12. The Labute approximate surface area is 332 Å². The van der Waals surface area contributed by atoms with Crippen molar-refractivity contribution in [2.45, 2.75) is 130 Å². The van der Waals surface area contributed by atoms with Crippen molar-refractivity contribution in [2.75, 3.05) is 13.2 Å². The smallest absolute Gasteiger partial charge is 0.396 e. The van der Waals surface area contributed by atoms with E-state index in [1.54, 1.807) is 0 Å². The van der Waals surface area contributed by atoms with Gasteiger partial charge in [-0.15, -0.1) is 0 Å². The van der Waals surface area contributed by atoms with Gasteiger partial charge in [0.15, 0.2) is 0 Å². The molecule has 2 atom stereocenters. The average molecular weight is 765 g/mol. The highest BCUT2D eigenvalue weighted by Gasteiger charge is 2.10. The molecule has 0 amide bonds. The highest BCUT2D eigenvalue weighted by atomic mass is 32.3. The van der Waals surface area contributed by atoms with Gasteiger partial charge in [0.1, 0.15) is 0 Å². The zero-order valence-electron chi connectivity index (χ0n) is 34.3. The lowest BCUT2D eigenvalue weighted by molar-refractivity contribution is 0.220. The van der Waals surface area contributed by atoms with E-state index in [-0.39, 0.29) is 12.5 Å². The summed E-state index contributed by atoms with van der Waals surface area (Å²) in [4.78, 5) is 0. The minimum Gasteiger partial charge on any atom is -0.396 e. The fraction of sp³-hybridized carbons (Fsp3) is 0.500. The molecule has 2 unspecified atom stereocenters. The summed E-state index contributed by atoms with van der Waals surface area (Å²) in [6, 6.07) is 0. The third-order valence-corrected chi connectivity index (χ3v) is 8.43. The van der Waals surface area contributed by atoms with Crippen molar-refractivity contribution in [3.63, 3.8) is 0 Å². The first-order chi connectivity index (χ1) is 26.3. The van der Waals surface area contributed by atoms with Crippen LogP contribution in [0.15, 0.2) is 146 Å². The summed E-state index contributed by atoms with van der Waals surface area (Å²) in [5.41, 5.74) is 0. The number of hydrogen-bond acceptors (Lipinski definition) is 4. The maximum Gasteiger partial charge on any atom is 0.397 e. The zero-order chi connectivity index (χ0) is 40.1. The summed E-state index contributed by atoms with van der Waals surface area (Å²) in [6.07, 6.45) is 67.9. The van der Waals surface area contributed by atoms with Crippen LogP contribution in [-0.4, -0.2) is 31.3 Å². The molecular weight excluding hydrogens is 689 g/mol. The lowest BCUT2D eigenvalue weighted by Gasteiger charge is -2.10. The van der Waals surface area contributed by atoms with Gasteiger partial charge >= 0.3 is 10.4 Å². The van der Waals surface area contributed by atoms with E-state index in [2.05, 4.69) is 165 Å². The van der Waals surface area contributed by atoms with E-state index in [1.165, 1.54) is 0 Å². The molecule has 0 aromatic rings. The Morgan fingerprint density at radius 2 is 0.648 bits per heavy atom. The molecule has 0 aliphatic rings. The first kappa shape index (κ1) is 52.8. The first-order valence-corrected chi connectivity index (χ1v) is 21.7. The van der Waals surface area contributed by atoms with Gasteiger partial charge in [0.2, 0.25) is 0 Å². The second-order valence-electron chi connectivity index (χ2n) is 12.7.